The van der Waals surface area contributed by atoms with Crippen LogP contribution in [0.2, 0.25) is 10.0 Å². The Kier molecular flexibility index (Phi) is 4.98. The summed E-state index contributed by atoms with van der Waals surface area (Å²) < 4.78 is 18.3. The second kappa shape index (κ2) is 6.74. The Morgan fingerprint density at radius 3 is 2.71 bits per heavy atom. The normalized spacial score (nSPS) is 11.8. The maximum absolute atomic E-state index is 12.9. The fraction of sp³-hybridized carbons (Fsp3) is 0.143. The first-order chi connectivity index (χ1) is 9.95. The SMILES string of the molecule is C[C@H](Oc1ccc(F)cc1Cl)C(=O)Nc1ccc(Cl)cn1. The number of pyridine rings is 1. The van der Waals surface area contributed by atoms with Crippen LogP contribution in [0.4, 0.5) is 10.2 Å². The first-order valence-electron chi connectivity index (χ1n) is 6.00. The Bertz CT molecular complexity index is 650. The standard InChI is InChI=1S/C14H11Cl2FN2O2/c1-8(21-12-4-3-10(17)6-11(12)16)14(20)19-13-5-2-9(15)7-18-13/h2-8H,1H3,(H,18,19,20)/t8-/m0/s1. The third-order valence-electron chi connectivity index (χ3n) is 2.55. The number of halogens is 3. The number of nitrogens with zero attached hydrogens (tertiary/aromatic N) is 1. The highest BCUT2D eigenvalue weighted by Gasteiger charge is 2.17. The van der Waals surface area contributed by atoms with E-state index in [0.717, 1.165) is 6.07 Å². The molecule has 0 unspecified atom stereocenters. The van der Waals surface area contributed by atoms with E-state index < -0.39 is 17.8 Å². The van der Waals surface area contributed by atoms with Crippen molar-refractivity contribution in [3.8, 4) is 5.75 Å². The van der Waals surface area contributed by atoms with Crippen molar-refractivity contribution in [2.24, 2.45) is 0 Å². The molecule has 0 aliphatic rings. The van der Waals surface area contributed by atoms with Gasteiger partial charge in [-0.15, -0.1) is 0 Å². The maximum atomic E-state index is 12.9. The molecule has 1 aromatic carbocycles. The van der Waals surface area contributed by atoms with E-state index in [-0.39, 0.29) is 10.8 Å². The van der Waals surface area contributed by atoms with Gasteiger partial charge in [-0.3, -0.25) is 4.79 Å². The number of anilines is 1. The zero-order valence-electron chi connectivity index (χ0n) is 10.9. The lowest BCUT2D eigenvalue weighted by Crippen LogP contribution is -2.30. The Labute approximate surface area is 130 Å². The Hall–Kier alpha value is -1.85. The largest absolute Gasteiger partial charge is 0.479 e. The second-order valence-electron chi connectivity index (χ2n) is 4.19. The summed E-state index contributed by atoms with van der Waals surface area (Å²) in [6.45, 7) is 1.55. The number of carbonyl (C=O) groups is 1. The van der Waals surface area contributed by atoms with Crippen LogP contribution in [0.25, 0.3) is 0 Å². The summed E-state index contributed by atoms with van der Waals surface area (Å²) in [4.78, 5) is 15.9. The first kappa shape index (κ1) is 15.5. The number of nitrogens with one attached hydrogen (secondary N) is 1. The van der Waals surface area contributed by atoms with E-state index in [0.29, 0.717) is 10.8 Å². The lowest BCUT2D eigenvalue weighted by atomic mass is 10.3. The molecule has 0 fully saturated rings. The number of amides is 1. The van der Waals surface area contributed by atoms with Crippen LogP contribution in [-0.4, -0.2) is 17.0 Å². The van der Waals surface area contributed by atoms with E-state index in [1.807, 2.05) is 0 Å². The molecule has 0 aliphatic carbocycles. The molecule has 1 heterocycles. The molecule has 2 rings (SSSR count). The van der Waals surface area contributed by atoms with Crippen LogP contribution in [0.3, 0.4) is 0 Å². The average Bonchev–Trinajstić information content (AvgIpc) is 2.44. The molecule has 0 saturated carbocycles. The summed E-state index contributed by atoms with van der Waals surface area (Å²) in [6.07, 6.45) is 0.588. The summed E-state index contributed by atoms with van der Waals surface area (Å²) in [6, 6.07) is 6.85. The van der Waals surface area contributed by atoms with Gasteiger partial charge in [-0.2, -0.15) is 0 Å². The van der Waals surface area contributed by atoms with Crippen molar-refractivity contribution in [1.29, 1.82) is 0 Å². The topological polar surface area (TPSA) is 51.2 Å². The van der Waals surface area contributed by atoms with Crippen molar-refractivity contribution in [2.45, 2.75) is 13.0 Å². The summed E-state index contributed by atoms with van der Waals surface area (Å²) >= 11 is 11.5. The molecule has 1 atom stereocenters. The van der Waals surface area contributed by atoms with Crippen molar-refractivity contribution in [1.82, 2.24) is 4.98 Å². The van der Waals surface area contributed by atoms with Gasteiger partial charge in [0.15, 0.2) is 6.10 Å². The van der Waals surface area contributed by atoms with Gasteiger partial charge < -0.3 is 10.1 Å². The van der Waals surface area contributed by atoms with E-state index >= 15 is 0 Å². The number of aromatic nitrogens is 1. The fourth-order valence-electron chi connectivity index (χ4n) is 1.49. The molecule has 1 amide bonds. The minimum atomic E-state index is -0.828. The highest BCUT2D eigenvalue weighted by Crippen LogP contribution is 2.26. The van der Waals surface area contributed by atoms with Crippen LogP contribution >= 0.6 is 23.2 Å². The molecule has 1 N–H and O–H groups in total. The molecule has 0 spiro atoms. The van der Waals surface area contributed by atoms with Crippen LogP contribution in [-0.2, 0) is 4.79 Å². The molecule has 0 aliphatic heterocycles. The van der Waals surface area contributed by atoms with Gasteiger partial charge in [-0.05, 0) is 37.3 Å². The number of hydrogen-bond acceptors (Lipinski definition) is 3. The van der Waals surface area contributed by atoms with Gasteiger partial charge in [0.05, 0.1) is 10.0 Å². The van der Waals surface area contributed by atoms with E-state index in [4.69, 9.17) is 27.9 Å². The predicted octanol–water partition coefficient (Wildman–Crippen LogP) is 3.93. The molecule has 0 radical (unpaired) electrons. The zero-order valence-corrected chi connectivity index (χ0v) is 12.5. The van der Waals surface area contributed by atoms with Gasteiger partial charge in [0.1, 0.15) is 17.4 Å². The van der Waals surface area contributed by atoms with Gasteiger partial charge >= 0.3 is 0 Å². The Morgan fingerprint density at radius 2 is 2.10 bits per heavy atom. The fourth-order valence-corrected chi connectivity index (χ4v) is 1.82. The molecule has 21 heavy (non-hydrogen) atoms. The lowest BCUT2D eigenvalue weighted by molar-refractivity contribution is -0.122. The number of ether oxygens (including phenoxy) is 1. The maximum Gasteiger partial charge on any atom is 0.266 e. The lowest BCUT2D eigenvalue weighted by Gasteiger charge is -2.15. The van der Waals surface area contributed by atoms with Crippen molar-refractivity contribution >= 4 is 34.9 Å². The minimum absolute atomic E-state index is 0.0965. The van der Waals surface area contributed by atoms with Crippen molar-refractivity contribution in [3.05, 3.63) is 52.4 Å². The molecular weight excluding hydrogens is 318 g/mol. The number of carbonyl (C=O) groups excluding carboxylic acids is 1. The molecule has 0 saturated heterocycles. The van der Waals surface area contributed by atoms with Crippen LogP contribution < -0.4 is 10.1 Å². The third kappa shape index (κ3) is 4.31. The molecule has 7 heteroatoms. The van der Waals surface area contributed by atoms with Gasteiger partial charge in [0.25, 0.3) is 5.91 Å². The van der Waals surface area contributed by atoms with E-state index in [1.165, 1.54) is 18.3 Å². The summed E-state index contributed by atoms with van der Waals surface area (Å²) in [5, 5.41) is 3.13. The van der Waals surface area contributed by atoms with Gasteiger partial charge in [-0.25, -0.2) is 9.37 Å². The monoisotopic (exact) mass is 328 g/mol. The van der Waals surface area contributed by atoms with Crippen LogP contribution in [0.1, 0.15) is 6.92 Å². The van der Waals surface area contributed by atoms with Crippen LogP contribution in [0.5, 0.6) is 5.75 Å². The summed E-state index contributed by atoms with van der Waals surface area (Å²) in [7, 11) is 0. The number of hydrogen-bond donors (Lipinski definition) is 1. The van der Waals surface area contributed by atoms with Gasteiger partial charge in [0.2, 0.25) is 0 Å². The van der Waals surface area contributed by atoms with E-state index in [2.05, 4.69) is 10.3 Å². The Morgan fingerprint density at radius 1 is 1.33 bits per heavy atom. The molecular formula is C14H11Cl2FN2O2. The summed E-state index contributed by atoms with van der Waals surface area (Å²) in [5.74, 6) is -0.310. The smallest absolute Gasteiger partial charge is 0.266 e. The van der Waals surface area contributed by atoms with Crippen molar-refractivity contribution in [2.75, 3.05) is 5.32 Å². The van der Waals surface area contributed by atoms with E-state index in [1.54, 1.807) is 19.1 Å². The van der Waals surface area contributed by atoms with Gasteiger partial charge in [-0.1, -0.05) is 23.2 Å². The average molecular weight is 329 g/mol. The minimum Gasteiger partial charge on any atom is -0.479 e. The van der Waals surface area contributed by atoms with E-state index in [9.17, 15) is 9.18 Å². The molecule has 2 aromatic rings. The Balaban J connectivity index is 2.00. The molecule has 0 bridgehead atoms. The first-order valence-corrected chi connectivity index (χ1v) is 6.75. The molecule has 1 aromatic heterocycles. The highest BCUT2D eigenvalue weighted by atomic mass is 35.5. The van der Waals surface area contributed by atoms with Crippen molar-refractivity contribution in [3.63, 3.8) is 0 Å². The summed E-state index contributed by atoms with van der Waals surface area (Å²) in [5.41, 5.74) is 0. The third-order valence-corrected chi connectivity index (χ3v) is 3.06. The molecule has 4 nitrogen and oxygen atoms in total. The van der Waals surface area contributed by atoms with Crippen LogP contribution in [0.15, 0.2) is 36.5 Å². The van der Waals surface area contributed by atoms with Crippen LogP contribution in [0, 0.1) is 5.82 Å². The van der Waals surface area contributed by atoms with Crippen molar-refractivity contribution < 1.29 is 13.9 Å². The number of rotatable bonds is 4. The zero-order chi connectivity index (χ0) is 15.4. The highest BCUT2D eigenvalue weighted by molar-refractivity contribution is 6.32. The number of benzene rings is 1. The molecule has 110 valence electrons. The van der Waals surface area contributed by atoms with Gasteiger partial charge in [0, 0.05) is 6.20 Å². The second-order valence-corrected chi connectivity index (χ2v) is 5.03. The quantitative estimate of drug-likeness (QED) is 0.924. The predicted molar refractivity (Wildman–Crippen MR) is 79.4 cm³/mol.